The molecule has 23 heavy (non-hydrogen) atoms. The summed E-state index contributed by atoms with van der Waals surface area (Å²) < 4.78 is 0. The third-order valence-corrected chi connectivity index (χ3v) is 5.00. The minimum absolute atomic E-state index is 0.0360. The number of aromatic nitrogens is 1. The first kappa shape index (κ1) is 16.0. The third kappa shape index (κ3) is 4.30. The highest BCUT2D eigenvalue weighted by Gasteiger charge is 2.25. The van der Waals surface area contributed by atoms with Gasteiger partial charge in [0.1, 0.15) is 0 Å². The molecule has 1 aromatic rings. The van der Waals surface area contributed by atoms with Crippen LogP contribution in [0, 0.1) is 5.92 Å². The molecule has 1 aliphatic heterocycles. The van der Waals surface area contributed by atoms with Gasteiger partial charge in [0.25, 0.3) is 5.91 Å². The molecule has 1 saturated heterocycles. The summed E-state index contributed by atoms with van der Waals surface area (Å²) in [6.07, 6.45) is 10.6. The van der Waals surface area contributed by atoms with E-state index < -0.39 is 0 Å². The lowest BCUT2D eigenvalue weighted by Crippen LogP contribution is -2.46. The number of piperidine rings is 1. The molecule has 0 unspecified atom stereocenters. The minimum Gasteiger partial charge on any atom is -0.353 e. The van der Waals surface area contributed by atoms with Crippen LogP contribution < -0.4 is 5.32 Å². The maximum Gasteiger partial charge on any atom is 0.255 e. The Kier molecular flexibility index (Phi) is 5.26. The smallest absolute Gasteiger partial charge is 0.255 e. The number of pyridine rings is 1. The lowest BCUT2D eigenvalue weighted by Gasteiger charge is -2.32. The van der Waals surface area contributed by atoms with Crippen molar-refractivity contribution in [1.82, 2.24) is 15.2 Å². The maximum atomic E-state index is 12.4. The van der Waals surface area contributed by atoms with Crippen LogP contribution in [0.5, 0.6) is 0 Å². The molecule has 0 spiro atoms. The summed E-state index contributed by atoms with van der Waals surface area (Å²) >= 11 is 0. The average Bonchev–Trinajstić information content (AvgIpc) is 3.08. The SMILES string of the molecule is O=C(CC1CCCC1)NC1CCN(C(=O)c2cccnc2)CC1. The first-order chi connectivity index (χ1) is 11.2. The van der Waals surface area contributed by atoms with E-state index in [1.807, 2.05) is 4.90 Å². The maximum absolute atomic E-state index is 12.4. The number of rotatable bonds is 4. The van der Waals surface area contributed by atoms with Crippen LogP contribution in [0.25, 0.3) is 0 Å². The van der Waals surface area contributed by atoms with Crippen LogP contribution in [0.4, 0.5) is 0 Å². The quantitative estimate of drug-likeness (QED) is 0.928. The van der Waals surface area contributed by atoms with Gasteiger partial charge in [-0.25, -0.2) is 0 Å². The zero-order valence-corrected chi connectivity index (χ0v) is 13.5. The van der Waals surface area contributed by atoms with Gasteiger partial charge in [0, 0.05) is 37.9 Å². The fourth-order valence-electron chi connectivity index (χ4n) is 3.66. The molecule has 1 aliphatic carbocycles. The van der Waals surface area contributed by atoms with E-state index in [0.717, 1.165) is 12.8 Å². The van der Waals surface area contributed by atoms with Crippen LogP contribution >= 0.6 is 0 Å². The second-order valence-corrected chi connectivity index (χ2v) is 6.73. The van der Waals surface area contributed by atoms with Crippen LogP contribution in [0.2, 0.25) is 0 Å². The zero-order valence-electron chi connectivity index (χ0n) is 13.5. The fourth-order valence-corrected chi connectivity index (χ4v) is 3.66. The van der Waals surface area contributed by atoms with Crippen molar-refractivity contribution >= 4 is 11.8 Å². The predicted octanol–water partition coefficient (Wildman–Crippen LogP) is 2.38. The molecule has 1 N–H and O–H groups in total. The Morgan fingerprint density at radius 1 is 1.17 bits per heavy atom. The summed E-state index contributed by atoms with van der Waals surface area (Å²) in [6.45, 7) is 1.39. The summed E-state index contributed by atoms with van der Waals surface area (Å²) in [7, 11) is 0. The van der Waals surface area contributed by atoms with Crippen LogP contribution in [0.1, 0.15) is 55.3 Å². The van der Waals surface area contributed by atoms with Gasteiger partial charge in [-0.1, -0.05) is 12.8 Å². The molecule has 0 bridgehead atoms. The highest BCUT2D eigenvalue weighted by Crippen LogP contribution is 2.27. The first-order valence-electron chi connectivity index (χ1n) is 8.71. The first-order valence-corrected chi connectivity index (χ1v) is 8.71. The number of hydrogen-bond acceptors (Lipinski definition) is 3. The van der Waals surface area contributed by atoms with Gasteiger partial charge in [0.15, 0.2) is 0 Å². The van der Waals surface area contributed by atoms with E-state index in [4.69, 9.17) is 0 Å². The van der Waals surface area contributed by atoms with E-state index >= 15 is 0 Å². The molecule has 2 fully saturated rings. The van der Waals surface area contributed by atoms with Gasteiger partial charge in [-0.05, 0) is 43.7 Å². The van der Waals surface area contributed by atoms with Crippen LogP contribution in [0.3, 0.4) is 0 Å². The molecule has 0 radical (unpaired) electrons. The molecule has 1 aromatic heterocycles. The van der Waals surface area contributed by atoms with E-state index in [-0.39, 0.29) is 17.9 Å². The molecule has 2 amide bonds. The van der Waals surface area contributed by atoms with Gasteiger partial charge in [0.05, 0.1) is 5.56 Å². The number of nitrogens with zero attached hydrogens (tertiary/aromatic N) is 2. The van der Waals surface area contributed by atoms with Crippen molar-refractivity contribution in [2.45, 2.75) is 51.0 Å². The van der Waals surface area contributed by atoms with Crippen LogP contribution in [0.15, 0.2) is 24.5 Å². The summed E-state index contributed by atoms with van der Waals surface area (Å²) in [5.41, 5.74) is 0.635. The van der Waals surface area contributed by atoms with E-state index in [1.54, 1.807) is 24.5 Å². The Hall–Kier alpha value is -1.91. The number of nitrogens with one attached hydrogen (secondary N) is 1. The van der Waals surface area contributed by atoms with Crippen molar-refractivity contribution in [2.24, 2.45) is 5.92 Å². The van der Waals surface area contributed by atoms with Crippen molar-refractivity contribution in [2.75, 3.05) is 13.1 Å². The Bertz CT molecular complexity index is 532. The lowest BCUT2D eigenvalue weighted by atomic mass is 10.0. The minimum atomic E-state index is 0.0360. The van der Waals surface area contributed by atoms with E-state index in [2.05, 4.69) is 10.3 Å². The summed E-state index contributed by atoms with van der Waals surface area (Å²) in [5.74, 6) is 0.810. The second-order valence-electron chi connectivity index (χ2n) is 6.73. The molecule has 2 aliphatic rings. The zero-order chi connectivity index (χ0) is 16.1. The fraction of sp³-hybridized carbons (Fsp3) is 0.611. The second kappa shape index (κ2) is 7.57. The summed E-state index contributed by atoms with van der Waals surface area (Å²) in [4.78, 5) is 30.3. The predicted molar refractivity (Wildman–Crippen MR) is 87.9 cm³/mol. The standard InChI is InChI=1S/C18H25N3O2/c22-17(12-14-4-1-2-5-14)20-16-7-10-21(11-8-16)18(23)15-6-3-9-19-13-15/h3,6,9,13-14,16H,1-2,4-5,7-8,10-12H2,(H,20,22). The van der Waals surface area contributed by atoms with Crippen molar-refractivity contribution < 1.29 is 9.59 Å². The molecule has 5 heteroatoms. The summed E-state index contributed by atoms with van der Waals surface area (Å²) in [5, 5.41) is 3.16. The van der Waals surface area contributed by atoms with Crippen molar-refractivity contribution in [3.05, 3.63) is 30.1 Å². The molecule has 124 valence electrons. The molecule has 5 nitrogen and oxygen atoms in total. The molecule has 0 aromatic carbocycles. The number of carbonyl (C=O) groups is 2. The Morgan fingerprint density at radius 3 is 2.57 bits per heavy atom. The van der Waals surface area contributed by atoms with Crippen LogP contribution in [-0.2, 0) is 4.79 Å². The molecule has 1 saturated carbocycles. The van der Waals surface area contributed by atoms with E-state index in [0.29, 0.717) is 31.0 Å². The molecule has 2 heterocycles. The molecular weight excluding hydrogens is 290 g/mol. The van der Waals surface area contributed by atoms with Gasteiger partial charge in [-0.3, -0.25) is 14.6 Å². The average molecular weight is 315 g/mol. The van der Waals surface area contributed by atoms with Crippen molar-refractivity contribution in [3.63, 3.8) is 0 Å². The monoisotopic (exact) mass is 315 g/mol. The van der Waals surface area contributed by atoms with Crippen LogP contribution in [-0.4, -0.2) is 40.8 Å². The Balaban J connectivity index is 1.43. The van der Waals surface area contributed by atoms with Gasteiger partial charge in [-0.2, -0.15) is 0 Å². The van der Waals surface area contributed by atoms with Gasteiger partial charge in [0.2, 0.25) is 5.91 Å². The largest absolute Gasteiger partial charge is 0.353 e. The molecule has 0 atom stereocenters. The Morgan fingerprint density at radius 2 is 1.91 bits per heavy atom. The number of carbonyl (C=O) groups excluding carboxylic acids is 2. The van der Waals surface area contributed by atoms with Gasteiger partial charge in [-0.15, -0.1) is 0 Å². The van der Waals surface area contributed by atoms with Gasteiger partial charge < -0.3 is 10.2 Å². The van der Waals surface area contributed by atoms with Crippen molar-refractivity contribution in [1.29, 1.82) is 0 Å². The molecular formula is C18H25N3O2. The summed E-state index contributed by atoms with van der Waals surface area (Å²) in [6, 6.07) is 3.79. The highest BCUT2D eigenvalue weighted by atomic mass is 16.2. The molecule has 3 rings (SSSR count). The van der Waals surface area contributed by atoms with Crippen molar-refractivity contribution in [3.8, 4) is 0 Å². The van der Waals surface area contributed by atoms with E-state index in [1.165, 1.54) is 25.7 Å². The van der Waals surface area contributed by atoms with Gasteiger partial charge >= 0.3 is 0 Å². The number of amides is 2. The number of hydrogen-bond donors (Lipinski definition) is 1. The highest BCUT2D eigenvalue weighted by molar-refractivity contribution is 5.93. The normalized spacial score (nSPS) is 19.7. The van der Waals surface area contributed by atoms with E-state index in [9.17, 15) is 9.59 Å². The topological polar surface area (TPSA) is 62.3 Å². The number of likely N-dealkylation sites (tertiary alicyclic amines) is 1. The lowest BCUT2D eigenvalue weighted by molar-refractivity contribution is -0.122. The third-order valence-electron chi connectivity index (χ3n) is 5.00. The Labute approximate surface area is 137 Å².